The number of phosphoric acid groups is 4. The highest BCUT2D eigenvalue weighted by molar-refractivity contribution is 7.66. The Kier molecular flexibility index (Phi) is 17.5. The number of imidazole rings is 3. The molecule has 0 spiro atoms. The van der Waals surface area contributed by atoms with E-state index in [9.17, 15) is 67.5 Å². The molecule has 82 heavy (non-hydrogen) atoms. The number of amides is 1. The van der Waals surface area contributed by atoms with Crippen LogP contribution in [0.2, 0.25) is 0 Å². The summed E-state index contributed by atoms with van der Waals surface area (Å²) in [6, 6.07) is 0. The number of hydrogen-bond donors (Lipinski definition) is 12. The highest BCUT2D eigenvalue weighted by Gasteiger charge is 2.53. The first-order chi connectivity index (χ1) is 38.6. The largest absolute Gasteiger partial charge is 0.756 e. The van der Waals surface area contributed by atoms with Crippen LogP contribution in [0.25, 0.3) is 33.5 Å². The SMILES string of the molecule is CCCNC(=O)OC[C@H]1[C@@H](O)[C@H](n2c[n+](C)c3c(=O)[nH]c(N)nc32)O[C@@H]1COP(=O)(O)OP(=O)(O)OP(=O)(O)OC[C@H]1O[C@@H](n2cnc3c(N)ncnc32)[C@H](OC)[C@@H]1OP(=O)([O-])OC[C@H]1O[C@@H](n2cnc3c(=O)[nH]c(N)nc32)[C@H](O)[C@@H]1O. The van der Waals surface area contributed by atoms with Gasteiger partial charge in [0.15, 0.2) is 35.1 Å². The summed E-state index contributed by atoms with van der Waals surface area (Å²) in [6.45, 7) is -2.12. The van der Waals surface area contributed by atoms with Crippen LogP contribution in [0.5, 0.6) is 0 Å². The summed E-state index contributed by atoms with van der Waals surface area (Å²) in [5, 5.41) is 35.7. The van der Waals surface area contributed by atoms with E-state index in [-0.39, 0.29) is 57.8 Å². The Balaban J connectivity index is 0.876. The third kappa shape index (κ3) is 12.8. The van der Waals surface area contributed by atoms with Crippen LogP contribution in [-0.4, -0.2) is 179 Å². The molecule has 3 saturated heterocycles. The molecule has 9 rings (SSSR count). The van der Waals surface area contributed by atoms with Crippen LogP contribution < -0.4 is 43.1 Å². The van der Waals surface area contributed by atoms with Gasteiger partial charge in [-0.2, -0.15) is 23.2 Å². The third-order valence-electron chi connectivity index (χ3n) is 12.7. The number of carbonyl (C=O) groups is 1. The molecule has 0 aromatic carbocycles. The molecule has 6 aromatic heterocycles. The Bertz CT molecular complexity index is 3680. The fourth-order valence-corrected chi connectivity index (χ4v) is 13.5. The van der Waals surface area contributed by atoms with Crippen molar-refractivity contribution in [2.75, 3.05) is 57.3 Å². The summed E-state index contributed by atoms with van der Waals surface area (Å²) in [4.78, 5) is 112. The second kappa shape index (κ2) is 23.7. The van der Waals surface area contributed by atoms with Crippen LogP contribution >= 0.6 is 31.3 Å². The molecule has 15 N–H and O–H groups in total. The maximum Gasteiger partial charge on any atom is 0.490 e. The lowest BCUT2D eigenvalue weighted by molar-refractivity contribution is -0.646. The Morgan fingerprint density at radius 2 is 1.32 bits per heavy atom. The van der Waals surface area contributed by atoms with Crippen molar-refractivity contribution in [3.05, 3.63) is 46.0 Å². The van der Waals surface area contributed by atoms with Crippen molar-refractivity contribution in [2.45, 2.75) is 80.9 Å². The summed E-state index contributed by atoms with van der Waals surface area (Å²) >= 11 is 0. The topological polar surface area (TPSA) is 583 Å². The number of ether oxygens (including phenoxy) is 5. The number of hydrogen-bond acceptors (Lipinski definition) is 31. The highest BCUT2D eigenvalue weighted by Crippen LogP contribution is 2.68. The predicted octanol–water partition coefficient (Wildman–Crippen LogP) is -3.95. The maximum atomic E-state index is 13.6. The monoisotopic (exact) mass is 1240 g/mol. The van der Waals surface area contributed by atoms with Gasteiger partial charge in [0, 0.05) is 13.7 Å². The van der Waals surface area contributed by atoms with Crippen molar-refractivity contribution in [3.8, 4) is 0 Å². The van der Waals surface area contributed by atoms with E-state index in [1.165, 1.54) is 27.1 Å². The molecule has 0 saturated carbocycles. The van der Waals surface area contributed by atoms with E-state index in [0.717, 1.165) is 30.7 Å². The second-order valence-corrected chi connectivity index (χ2v) is 24.1. The van der Waals surface area contributed by atoms with Gasteiger partial charge in [-0.15, -0.1) is 0 Å². The number of aryl methyl sites for hydroxylation is 1. The Morgan fingerprint density at radius 1 is 0.732 bits per heavy atom. The third-order valence-corrected chi connectivity index (χ3v) is 17.9. The molecule has 41 nitrogen and oxygen atoms in total. The predicted molar refractivity (Wildman–Crippen MR) is 264 cm³/mol. The molecule has 0 radical (unpaired) electrons. The normalized spacial score (nSPS) is 28.8. The van der Waals surface area contributed by atoms with Crippen LogP contribution in [0.1, 0.15) is 32.0 Å². The van der Waals surface area contributed by atoms with Crippen molar-refractivity contribution in [2.24, 2.45) is 13.0 Å². The molecule has 3 aliphatic rings. The quantitative estimate of drug-likeness (QED) is 0.0215. The number of H-pyrrole nitrogens is 2. The van der Waals surface area contributed by atoms with Crippen molar-refractivity contribution < 1.29 is 113 Å². The zero-order valence-electron chi connectivity index (χ0n) is 42.4. The first-order valence-corrected chi connectivity index (χ1v) is 29.7. The molecule has 1 amide bonds. The van der Waals surface area contributed by atoms with Crippen molar-refractivity contribution in [1.29, 1.82) is 0 Å². The Labute approximate surface area is 456 Å². The maximum absolute atomic E-state index is 13.6. The zero-order valence-corrected chi connectivity index (χ0v) is 46.0. The number of nitrogen functional groups attached to an aromatic ring is 3. The summed E-state index contributed by atoms with van der Waals surface area (Å²) < 4.78 is 115. The average Bonchev–Trinajstić information content (AvgIpc) is 3.79. The standard InChI is InChI=1S/C37H52N16O25P4/c1-4-5-41-37(59)69-6-14-15(73-32(21(14)54)53-13-50(2)20-29(53)47-36(40)49-31(20)58)7-71-80(62,63)77-82(66,67)78-81(64,65)72-9-17-24(25(68-3)34(75-17)51-11-44-18-26(38)42-10-43-27(18)51)76-79(60,61)70-8-16-22(55)23(56)33(74-16)52-12-45-19-28(52)46-35(39)48-30(19)57/h10-17,21-25,32-34,54-56H,4-9H2,1-3H3,(H12-,38,39,40,41,42,43,46,47,48,49,57,58,59,60,61,62,63,64,65,66,67)/t14-,15-,16-,17-,21-,22-,23-,24-,25-,32-,33-,34-/m1/s1. The molecule has 4 unspecified atom stereocenters. The number of aromatic nitrogens is 12. The van der Waals surface area contributed by atoms with Gasteiger partial charge in [0.1, 0.15) is 61.2 Å². The summed E-state index contributed by atoms with van der Waals surface area (Å²) in [6.07, 6.45) is -14.4. The molecule has 45 heteroatoms. The minimum atomic E-state index is -6.27. The molecular formula is C37H52N16O25P4. The minimum absolute atomic E-state index is 0.0150. The molecule has 6 aromatic rings. The number of alkyl carbamates (subject to hydrolysis) is 1. The lowest BCUT2D eigenvalue weighted by Crippen LogP contribution is -2.39. The number of phosphoric ester groups is 3. The smallest absolute Gasteiger partial charge is 0.490 e. The van der Waals surface area contributed by atoms with Crippen LogP contribution in [0.4, 0.5) is 22.5 Å². The van der Waals surface area contributed by atoms with E-state index in [0.29, 0.717) is 6.42 Å². The Hall–Kier alpha value is -5.84. The van der Waals surface area contributed by atoms with E-state index in [1.54, 1.807) is 6.92 Å². The van der Waals surface area contributed by atoms with Gasteiger partial charge in [-0.25, -0.2) is 43.0 Å². The van der Waals surface area contributed by atoms with Gasteiger partial charge in [0.05, 0.1) is 51.5 Å². The van der Waals surface area contributed by atoms with E-state index >= 15 is 0 Å². The summed E-state index contributed by atoms with van der Waals surface area (Å²) in [5.74, 6) is -2.06. The molecular weight excluding hydrogens is 1190 g/mol. The van der Waals surface area contributed by atoms with Gasteiger partial charge in [-0.3, -0.25) is 42.3 Å². The zero-order chi connectivity index (χ0) is 59.4. The average molecular weight is 1240 g/mol. The number of aliphatic hydroxyl groups is 3. The number of methoxy groups -OCH3 is 1. The fraction of sp³-hybridized carbons (Fsp3) is 0.568. The molecule has 9 heterocycles. The number of rotatable bonds is 23. The van der Waals surface area contributed by atoms with Gasteiger partial charge in [-0.1, -0.05) is 6.92 Å². The number of anilines is 3. The first kappa shape index (κ1) is 60.7. The van der Waals surface area contributed by atoms with E-state index in [4.69, 9.17) is 59.0 Å². The van der Waals surface area contributed by atoms with Crippen LogP contribution in [-0.2, 0) is 75.7 Å². The lowest BCUT2D eigenvalue weighted by atomic mass is 9.99. The van der Waals surface area contributed by atoms with Gasteiger partial charge in [0.2, 0.25) is 24.5 Å². The van der Waals surface area contributed by atoms with Crippen molar-refractivity contribution in [3.63, 3.8) is 0 Å². The molecule has 450 valence electrons. The second-order valence-electron chi connectivity index (χ2n) is 18.1. The molecule has 3 fully saturated rings. The van der Waals surface area contributed by atoms with Gasteiger partial charge < -0.3 is 90.1 Å². The minimum Gasteiger partial charge on any atom is -0.756 e. The Morgan fingerprint density at radius 3 is 1.99 bits per heavy atom. The van der Waals surface area contributed by atoms with Gasteiger partial charge >= 0.3 is 35.1 Å². The molecule has 3 aliphatic heterocycles. The fourth-order valence-electron chi connectivity index (χ4n) is 9.02. The summed E-state index contributed by atoms with van der Waals surface area (Å²) in [7, 11) is -21.4. The number of nitrogens with two attached hydrogens (primary N) is 3. The van der Waals surface area contributed by atoms with Gasteiger partial charge in [-0.05, 0) is 6.42 Å². The number of fused-ring (bicyclic) bond motifs is 3. The first-order valence-electron chi connectivity index (χ1n) is 23.8. The molecule has 16 atom stereocenters. The van der Waals surface area contributed by atoms with E-state index < -0.39 is 148 Å². The number of aromatic amines is 2. The van der Waals surface area contributed by atoms with E-state index in [2.05, 4.69) is 53.8 Å². The van der Waals surface area contributed by atoms with Crippen molar-refractivity contribution >= 4 is 88.6 Å². The van der Waals surface area contributed by atoms with E-state index in [1.807, 2.05) is 0 Å². The molecule has 0 bridgehead atoms. The van der Waals surface area contributed by atoms with Gasteiger partial charge in [0.25, 0.3) is 24.5 Å². The van der Waals surface area contributed by atoms with Crippen LogP contribution in [0.15, 0.2) is 34.9 Å². The number of carbonyl (C=O) groups excluding carboxylic acids is 1. The number of aliphatic hydroxyl groups excluding tert-OH is 3. The summed E-state index contributed by atoms with van der Waals surface area (Å²) in [5.41, 5.74) is 15.5. The van der Waals surface area contributed by atoms with Crippen molar-refractivity contribution in [1.82, 2.24) is 58.9 Å². The highest BCUT2D eigenvalue weighted by atomic mass is 31.3. The number of nitrogens with one attached hydrogen (secondary N) is 3. The van der Waals surface area contributed by atoms with Crippen LogP contribution in [0, 0.1) is 5.92 Å². The van der Waals surface area contributed by atoms with Crippen LogP contribution in [0.3, 0.4) is 0 Å². The number of nitrogens with zero attached hydrogens (tertiary/aromatic N) is 10. The molecule has 0 aliphatic carbocycles. The lowest BCUT2D eigenvalue weighted by Gasteiger charge is -2.31.